The van der Waals surface area contributed by atoms with Crippen molar-refractivity contribution in [1.29, 1.82) is 0 Å². The van der Waals surface area contributed by atoms with Crippen LogP contribution >= 0.6 is 0 Å². The molecule has 3 rings (SSSR count). The van der Waals surface area contributed by atoms with Gasteiger partial charge in [0.2, 0.25) is 5.69 Å². The van der Waals surface area contributed by atoms with Crippen LogP contribution in [-0.2, 0) is 0 Å². The number of aromatic carboxylic acids is 1. The Bertz CT molecular complexity index is 863. The van der Waals surface area contributed by atoms with Crippen molar-refractivity contribution in [2.45, 2.75) is 0 Å². The minimum absolute atomic E-state index is 0.100. The van der Waals surface area contributed by atoms with Gasteiger partial charge in [-0.3, -0.25) is 4.98 Å². The van der Waals surface area contributed by atoms with Crippen molar-refractivity contribution in [1.82, 2.24) is 19.7 Å². The monoisotopic (exact) mass is 291 g/mol. The molecule has 0 atom stereocenters. The van der Waals surface area contributed by atoms with Gasteiger partial charge in [0.1, 0.15) is 0 Å². The highest BCUT2D eigenvalue weighted by atomic mass is 16.4. The number of carbonyl (C=O) groups is 1. The van der Waals surface area contributed by atoms with Gasteiger partial charge in [0.25, 0.3) is 0 Å². The summed E-state index contributed by atoms with van der Waals surface area (Å²) < 4.78 is 1.42. The van der Waals surface area contributed by atoms with Gasteiger partial charge in [0.05, 0.1) is 18.0 Å². The maximum absolute atomic E-state index is 11.2. The predicted octanol–water partition coefficient (Wildman–Crippen LogP) is 2.58. The maximum Gasteiger partial charge on any atom is 0.356 e. The van der Waals surface area contributed by atoms with Gasteiger partial charge in [0.15, 0.2) is 11.5 Å². The van der Waals surface area contributed by atoms with E-state index >= 15 is 0 Å². The molecule has 0 amide bonds. The summed E-state index contributed by atoms with van der Waals surface area (Å²) in [5.41, 5.74) is 1.31. The van der Waals surface area contributed by atoms with E-state index in [2.05, 4.69) is 19.9 Å². The fourth-order valence-electron chi connectivity index (χ4n) is 1.93. The molecule has 3 heterocycles. The van der Waals surface area contributed by atoms with E-state index in [9.17, 15) is 4.79 Å². The Morgan fingerprint density at radius 2 is 2.09 bits per heavy atom. The van der Waals surface area contributed by atoms with Gasteiger partial charge in [-0.1, -0.05) is 12.1 Å². The van der Waals surface area contributed by atoms with Gasteiger partial charge in [-0.15, -0.1) is 0 Å². The zero-order valence-electron chi connectivity index (χ0n) is 11.2. The standard InChI is InChI=1S/C15H9N5O2/c1-16-10-5-6-11(18-9-10)13-8-12(15(21)22)19-20(13)14-4-2-3-7-17-14/h2-9H,(H,21,22). The number of aromatic nitrogens is 4. The summed E-state index contributed by atoms with van der Waals surface area (Å²) in [6, 6.07) is 9.95. The van der Waals surface area contributed by atoms with Gasteiger partial charge in [0, 0.05) is 18.5 Å². The molecule has 7 heteroatoms. The van der Waals surface area contributed by atoms with Crippen molar-refractivity contribution in [2.24, 2.45) is 0 Å². The molecule has 0 bridgehead atoms. The topological polar surface area (TPSA) is 85.3 Å². The van der Waals surface area contributed by atoms with E-state index in [-0.39, 0.29) is 5.69 Å². The fraction of sp³-hybridized carbons (Fsp3) is 0. The summed E-state index contributed by atoms with van der Waals surface area (Å²) in [5, 5.41) is 13.2. The lowest BCUT2D eigenvalue weighted by atomic mass is 10.2. The first-order valence-corrected chi connectivity index (χ1v) is 6.27. The third kappa shape index (κ3) is 2.41. The number of hydrogen-bond acceptors (Lipinski definition) is 4. The Labute approximate surface area is 125 Å². The molecule has 1 N–H and O–H groups in total. The lowest BCUT2D eigenvalue weighted by Crippen LogP contribution is -2.04. The molecule has 0 aliphatic heterocycles. The number of rotatable bonds is 3. The minimum Gasteiger partial charge on any atom is -0.476 e. The summed E-state index contributed by atoms with van der Waals surface area (Å²) in [6.07, 6.45) is 3.02. The van der Waals surface area contributed by atoms with E-state index in [1.165, 1.54) is 16.9 Å². The molecular formula is C15H9N5O2. The fourth-order valence-corrected chi connectivity index (χ4v) is 1.93. The highest BCUT2D eigenvalue weighted by Gasteiger charge is 2.17. The van der Waals surface area contributed by atoms with E-state index in [1.807, 2.05) is 0 Å². The van der Waals surface area contributed by atoms with Crippen LogP contribution in [-0.4, -0.2) is 30.8 Å². The molecule has 3 aromatic rings. The number of hydrogen-bond donors (Lipinski definition) is 1. The van der Waals surface area contributed by atoms with Crippen LogP contribution in [0.3, 0.4) is 0 Å². The Balaban J connectivity index is 2.17. The predicted molar refractivity (Wildman–Crippen MR) is 77.8 cm³/mol. The summed E-state index contributed by atoms with van der Waals surface area (Å²) in [6.45, 7) is 6.94. The van der Waals surface area contributed by atoms with Gasteiger partial charge < -0.3 is 5.11 Å². The molecular weight excluding hydrogens is 282 g/mol. The van der Waals surface area contributed by atoms with Crippen molar-refractivity contribution in [3.05, 3.63) is 65.9 Å². The second-order valence-corrected chi connectivity index (χ2v) is 4.33. The van der Waals surface area contributed by atoms with Crippen LogP contribution in [0.15, 0.2) is 48.8 Å². The third-order valence-electron chi connectivity index (χ3n) is 2.93. The molecule has 0 aliphatic carbocycles. The smallest absolute Gasteiger partial charge is 0.356 e. The summed E-state index contributed by atoms with van der Waals surface area (Å²) in [7, 11) is 0. The molecule has 0 spiro atoms. The van der Waals surface area contributed by atoms with Gasteiger partial charge >= 0.3 is 5.97 Å². The molecule has 0 fully saturated rings. The van der Waals surface area contributed by atoms with Crippen molar-refractivity contribution in [2.75, 3.05) is 0 Å². The van der Waals surface area contributed by atoms with E-state index in [1.54, 1.807) is 36.5 Å². The van der Waals surface area contributed by atoms with Crippen LogP contribution in [0.4, 0.5) is 5.69 Å². The largest absolute Gasteiger partial charge is 0.476 e. The van der Waals surface area contributed by atoms with Crippen molar-refractivity contribution in [3.8, 4) is 17.2 Å². The molecule has 0 aromatic carbocycles. The molecule has 0 unspecified atom stereocenters. The zero-order chi connectivity index (χ0) is 15.5. The van der Waals surface area contributed by atoms with Crippen LogP contribution < -0.4 is 0 Å². The SMILES string of the molecule is [C-]#[N+]c1ccc(-c2cc(C(=O)O)nn2-c2ccccn2)nc1. The van der Waals surface area contributed by atoms with Gasteiger partial charge in [-0.05, 0) is 18.2 Å². The van der Waals surface area contributed by atoms with E-state index in [0.29, 0.717) is 22.9 Å². The first-order chi connectivity index (χ1) is 10.7. The summed E-state index contributed by atoms with van der Waals surface area (Å²) in [5.74, 6) is -0.644. The number of pyridine rings is 2. The second kappa shape index (κ2) is 5.46. The molecule has 0 aliphatic rings. The van der Waals surface area contributed by atoms with Crippen LogP contribution in [0.2, 0.25) is 0 Å². The molecule has 0 saturated heterocycles. The van der Waals surface area contributed by atoms with E-state index < -0.39 is 5.97 Å². The Morgan fingerprint density at radius 1 is 1.23 bits per heavy atom. The molecule has 106 valence electrons. The molecule has 3 aromatic heterocycles. The molecule has 22 heavy (non-hydrogen) atoms. The lowest BCUT2D eigenvalue weighted by molar-refractivity contribution is 0.0690. The van der Waals surface area contributed by atoms with Crippen molar-refractivity contribution < 1.29 is 9.90 Å². The average Bonchev–Trinajstić information content (AvgIpc) is 3.01. The highest BCUT2D eigenvalue weighted by Crippen LogP contribution is 2.23. The van der Waals surface area contributed by atoms with Gasteiger partial charge in [-0.2, -0.15) is 5.10 Å². The highest BCUT2D eigenvalue weighted by molar-refractivity contribution is 5.87. The first-order valence-electron chi connectivity index (χ1n) is 6.27. The molecule has 7 nitrogen and oxygen atoms in total. The van der Waals surface area contributed by atoms with Gasteiger partial charge in [-0.25, -0.2) is 19.3 Å². The van der Waals surface area contributed by atoms with Crippen molar-refractivity contribution in [3.63, 3.8) is 0 Å². The van der Waals surface area contributed by atoms with Crippen molar-refractivity contribution >= 4 is 11.7 Å². The molecule has 0 radical (unpaired) electrons. The normalized spacial score (nSPS) is 10.1. The van der Waals surface area contributed by atoms with E-state index in [4.69, 9.17) is 11.7 Å². The number of nitrogens with zero attached hydrogens (tertiary/aromatic N) is 5. The zero-order valence-corrected chi connectivity index (χ0v) is 11.2. The Hall–Kier alpha value is -3.53. The Kier molecular flexibility index (Phi) is 3.34. The Morgan fingerprint density at radius 3 is 2.68 bits per heavy atom. The molecule has 0 saturated carbocycles. The van der Waals surface area contributed by atoms with Crippen LogP contribution in [0.25, 0.3) is 22.1 Å². The lowest BCUT2D eigenvalue weighted by Gasteiger charge is -2.05. The second-order valence-electron chi connectivity index (χ2n) is 4.33. The van der Waals surface area contributed by atoms with Crippen LogP contribution in [0.1, 0.15) is 10.5 Å². The minimum atomic E-state index is -1.13. The van der Waals surface area contributed by atoms with E-state index in [0.717, 1.165) is 0 Å². The quantitative estimate of drug-likeness (QED) is 0.750. The third-order valence-corrected chi connectivity index (χ3v) is 2.93. The maximum atomic E-state index is 11.2. The number of carboxylic acid groups (broad SMARTS) is 1. The van der Waals surface area contributed by atoms with Crippen LogP contribution in [0, 0.1) is 6.57 Å². The number of carboxylic acids is 1. The average molecular weight is 291 g/mol. The summed E-state index contributed by atoms with van der Waals surface area (Å²) in [4.78, 5) is 22.8. The van der Waals surface area contributed by atoms with Crippen LogP contribution in [0.5, 0.6) is 0 Å². The summed E-state index contributed by atoms with van der Waals surface area (Å²) >= 11 is 0. The first kappa shape index (κ1) is 13.5.